The highest BCUT2D eigenvalue weighted by molar-refractivity contribution is 6.04. The van der Waals surface area contributed by atoms with Gasteiger partial charge in [-0.05, 0) is 36.2 Å². The van der Waals surface area contributed by atoms with Gasteiger partial charge >= 0.3 is 5.97 Å². The summed E-state index contributed by atoms with van der Waals surface area (Å²) in [5.74, 6) is 0.144. The van der Waals surface area contributed by atoms with Crippen molar-refractivity contribution in [2.45, 2.75) is 13.8 Å². The van der Waals surface area contributed by atoms with Crippen molar-refractivity contribution in [2.75, 3.05) is 37.1 Å². The van der Waals surface area contributed by atoms with Crippen molar-refractivity contribution in [2.24, 2.45) is 5.92 Å². The van der Waals surface area contributed by atoms with Gasteiger partial charge in [0, 0.05) is 14.1 Å². The Balaban J connectivity index is 1.72. The van der Waals surface area contributed by atoms with Crippen LogP contribution in [-0.2, 0) is 9.53 Å². The summed E-state index contributed by atoms with van der Waals surface area (Å²) in [5.41, 5.74) is 1.98. The maximum absolute atomic E-state index is 12.7. The molecule has 2 aromatic rings. The molecular formula is C24H25N3O4. The van der Waals surface area contributed by atoms with E-state index in [1.807, 2.05) is 44.2 Å². The first-order valence-electron chi connectivity index (χ1n) is 9.97. The topological polar surface area (TPSA) is 82.9 Å². The third kappa shape index (κ3) is 4.69. The number of ether oxygens (including phenoxy) is 2. The summed E-state index contributed by atoms with van der Waals surface area (Å²) < 4.78 is 10.8. The van der Waals surface area contributed by atoms with E-state index >= 15 is 0 Å². The van der Waals surface area contributed by atoms with Crippen LogP contribution in [0.1, 0.15) is 24.2 Å². The van der Waals surface area contributed by atoms with Crippen LogP contribution >= 0.6 is 0 Å². The zero-order chi connectivity index (χ0) is 22.5. The monoisotopic (exact) mass is 419 g/mol. The zero-order valence-electron chi connectivity index (χ0n) is 18.1. The van der Waals surface area contributed by atoms with E-state index in [0.29, 0.717) is 24.1 Å². The first kappa shape index (κ1) is 21.9. The van der Waals surface area contributed by atoms with Gasteiger partial charge in [-0.3, -0.25) is 4.79 Å². The van der Waals surface area contributed by atoms with Gasteiger partial charge in [0.1, 0.15) is 23.2 Å². The molecule has 0 amide bonds. The Morgan fingerprint density at radius 3 is 2.26 bits per heavy atom. The Hall–Kier alpha value is -3.79. The normalized spacial score (nSPS) is 12.5. The number of rotatable bonds is 7. The Morgan fingerprint density at radius 1 is 1.03 bits per heavy atom. The number of benzene rings is 2. The molecule has 0 unspecified atom stereocenters. The van der Waals surface area contributed by atoms with E-state index < -0.39 is 18.4 Å². The van der Waals surface area contributed by atoms with Crippen molar-refractivity contribution in [3.05, 3.63) is 65.5 Å². The summed E-state index contributed by atoms with van der Waals surface area (Å²) >= 11 is 0. The molecule has 0 aromatic heterocycles. The van der Waals surface area contributed by atoms with Crippen LogP contribution in [-0.4, -0.2) is 39.1 Å². The molecule has 7 heteroatoms. The van der Waals surface area contributed by atoms with Crippen LogP contribution < -0.4 is 14.5 Å². The smallest absolute Gasteiger partial charge is 0.338 e. The molecule has 1 heterocycles. The van der Waals surface area contributed by atoms with Gasteiger partial charge in [-0.1, -0.05) is 32.0 Å². The molecule has 0 saturated heterocycles. The van der Waals surface area contributed by atoms with Crippen molar-refractivity contribution in [1.82, 2.24) is 0 Å². The Kier molecular flexibility index (Phi) is 6.61. The first-order chi connectivity index (χ1) is 14.8. The van der Waals surface area contributed by atoms with Crippen molar-refractivity contribution in [3.63, 3.8) is 0 Å². The molecule has 0 atom stereocenters. The van der Waals surface area contributed by atoms with Crippen LogP contribution in [0.4, 0.5) is 11.4 Å². The maximum Gasteiger partial charge on any atom is 0.338 e. The zero-order valence-corrected chi connectivity index (χ0v) is 18.1. The van der Waals surface area contributed by atoms with Crippen LogP contribution in [0.15, 0.2) is 59.9 Å². The molecule has 31 heavy (non-hydrogen) atoms. The predicted octanol–water partition coefficient (Wildman–Crippen LogP) is 3.77. The van der Waals surface area contributed by atoms with E-state index in [2.05, 4.69) is 0 Å². The third-order valence-corrected chi connectivity index (χ3v) is 4.84. The van der Waals surface area contributed by atoms with Crippen LogP contribution in [0.3, 0.4) is 0 Å². The molecule has 0 saturated carbocycles. The number of hydrogen-bond acceptors (Lipinski definition) is 7. The highest BCUT2D eigenvalue weighted by atomic mass is 16.5. The van der Waals surface area contributed by atoms with E-state index in [4.69, 9.17) is 9.47 Å². The first-order valence-corrected chi connectivity index (χ1v) is 9.97. The van der Waals surface area contributed by atoms with Gasteiger partial charge in [-0.15, -0.1) is 0 Å². The Labute approximate surface area is 182 Å². The lowest BCUT2D eigenvalue weighted by Crippen LogP contribution is -2.27. The number of para-hydroxylation sites is 2. The minimum atomic E-state index is -0.651. The number of hydrogen-bond donors (Lipinski definition) is 0. The van der Waals surface area contributed by atoms with Gasteiger partial charge in [0.2, 0.25) is 5.78 Å². The van der Waals surface area contributed by atoms with Crippen molar-refractivity contribution in [1.29, 1.82) is 5.26 Å². The van der Waals surface area contributed by atoms with Gasteiger partial charge in [-0.25, -0.2) is 4.79 Å². The van der Waals surface area contributed by atoms with Crippen molar-refractivity contribution >= 4 is 23.1 Å². The van der Waals surface area contributed by atoms with Crippen LogP contribution in [0.5, 0.6) is 5.75 Å². The fourth-order valence-corrected chi connectivity index (χ4v) is 3.32. The number of carbonyl (C=O) groups is 2. The summed E-state index contributed by atoms with van der Waals surface area (Å²) in [6.07, 6.45) is 0. The average Bonchev–Trinajstić information content (AvgIpc) is 3.02. The molecule has 0 aliphatic carbocycles. The maximum atomic E-state index is 12.7. The van der Waals surface area contributed by atoms with Gasteiger partial charge in [0.25, 0.3) is 0 Å². The average molecular weight is 419 g/mol. The highest BCUT2D eigenvalue weighted by Gasteiger charge is 2.31. The molecule has 0 radical (unpaired) electrons. The van der Waals surface area contributed by atoms with Crippen LogP contribution in [0.2, 0.25) is 0 Å². The molecule has 0 N–H and O–H groups in total. The van der Waals surface area contributed by atoms with Gasteiger partial charge in [0.15, 0.2) is 6.61 Å². The summed E-state index contributed by atoms with van der Waals surface area (Å²) in [7, 11) is 3.58. The molecule has 2 aromatic carbocycles. The Bertz CT molecular complexity index is 1040. The number of nitrogens with zero attached hydrogens (tertiary/aromatic N) is 3. The lowest BCUT2D eigenvalue weighted by atomic mass is 10.1. The second kappa shape index (κ2) is 9.35. The van der Waals surface area contributed by atoms with Crippen LogP contribution in [0.25, 0.3) is 0 Å². The summed E-state index contributed by atoms with van der Waals surface area (Å²) in [6, 6.07) is 16.2. The van der Waals surface area contributed by atoms with E-state index in [9.17, 15) is 14.9 Å². The minimum Gasteiger partial charge on any atom is -0.493 e. The second-order valence-corrected chi connectivity index (χ2v) is 7.65. The number of Topliss-reactive ketones (excluding diaryl/α,β-unsaturated/α-hetero) is 1. The molecule has 0 spiro atoms. The molecule has 1 aliphatic heterocycles. The molecule has 160 valence electrons. The van der Waals surface area contributed by atoms with E-state index in [1.54, 1.807) is 48.2 Å². The van der Waals surface area contributed by atoms with Gasteiger partial charge in [-0.2, -0.15) is 5.26 Å². The van der Waals surface area contributed by atoms with Crippen molar-refractivity contribution < 1.29 is 19.1 Å². The summed E-state index contributed by atoms with van der Waals surface area (Å²) in [5, 5.41) is 9.65. The fraction of sp³-hybridized carbons (Fsp3) is 0.292. The SMILES string of the molecule is CC(C)COc1cccc(C(=O)OCC(=O)C(C#N)=C2N(C)c3ccccc3N2C)c1. The van der Waals surface area contributed by atoms with E-state index in [0.717, 1.165) is 11.4 Å². The molecule has 0 bridgehead atoms. The minimum absolute atomic E-state index is 0.0667. The molecular weight excluding hydrogens is 394 g/mol. The summed E-state index contributed by atoms with van der Waals surface area (Å²) in [6.45, 7) is 4.06. The van der Waals surface area contributed by atoms with Gasteiger partial charge in [0.05, 0.1) is 23.5 Å². The second-order valence-electron chi connectivity index (χ2n) is 7.65. The van der Waals surface area contributed by atoms with Crippen LogP contribution in [0, 0.1) is 17.2 Å². The lowest BCUT2D eigenvalue weighted by molar-refractivity contribution is -0.118. The van der Waals surface area contributed by atoms with Crippen molar-refractivity contribution in [3.8, 4) is 11.8 Å². The number of ketones is 1. The Morgan fingerprint density at radius 2 is 1.68 bits per heavy atom. The lowest BCUT2D eigenvalue weighted by Gasteiger charge is -2.19. The largest absolute Gasteiger partial charge is 0.493 e. The number of esters is 1. The van der Waals surface area contributed by atoms with Gasteiger partial charge < -0.3 is 19.3 Å². The molecule has 0 fully saturated rings. The molecule has 1 aliphatic rings. The molecule has 7 nitrogen and oxygen atoms in total. The molecule has 3 rings (SSSR count). The fourth-order valence-electron chi connectivity index (χ4n) is 3.32. The number of anilines is 2. The summed E-state index contributed by atoms with van der Waals surface area (Å²) in [4.78, 5) is 28.7. The van der Waals surface area contributed by atoms with E-state index in [-0.39, 0.29) is 11.1 Å². The highest BCUT2D eigenvalue weighted by Crippen LogP contribution is 2.40. The number of fused-ring (bicyclic) bond motifs is 1. The predicted molar refractivity (Wildman–Crippen MR) is 118 cm³/mol. The standard InChI is InChI=1S/C24H25N3O4/c1-16(2)14-30-18-9-7-8-17(12-18)24(29)31-15-22(28)19(13-25)23-26(3)20-10-5-6-11-21(20)27(23)4/h5-12,16H,14-15H2,1-4H3. The number of carbonyl (C=O) groups excluding carboxylic acids is 2. The number of nitriles is 1. The van der Waals surface area contributed by atoms with E-state index in [1.165, 1.54) is 0 Å². The quantitative estimate of drug-likeness (QED) is 0.384. The third-order valence-electron chi connectivity index (χ3n) is 4.84.